The van der Waals surface area contributed by atoms with Crippen molar-refractivity contribution < 1.29 is 24.5 Å². The van der Waals surface area contributed by atoms with Crippen molar-refractivity contribution in [3.63, 3.8) is 0 Å². The summed E-state index contributed by atoms with van der Waals surface area (Å²) in [7, 11) is -3.93. The first kappa shape index (κ1) is 11.4. The summed E-state index contributed by atoms with van der Waals surface area (Å²) in [5, 5.41) is 35.9. The van der Waals surface area contributed by atoms with Crippen LogP contribution >= 0.6 is 11.7 Å². The van der Waals surface area contributed by atoms with Gasteiger partial charge in [0.15, 0.2) is 0 Å². The van der Waals surface area contributed by atoms with E-state index in [1.807, 2.05) is 0 Å². The minimum atomic E-state index is -2.03. The number of fused-ring (bicyclic) bond motifs is 1. The Kier molecular flexibility index (Phi) is 2.91. The normalized spacial score (nSPS) is 10.8. The van der Waals surface area contributed by atoms with E-state index in [0.717, 1.165) is 6.07 Å². The van der Waals surface area contributed by atoms with E-state index < -0.39 is 25.5 Å². The highest BCUT2D eigenvalue weighted by Gasteiger charge is 2.27. The molecule has 0 saturated carbocycles. The van der Waals surface area contributed by atoms with Crippen molar-refractivity contribution in [1.82, 2.24) is 8.75 Å². The van der Waals surface area contributed by atoms with Gasteiger partial charge in [0.05, 0.1) is 11.7 Å². The van der Waals surface area contributed by atoms with Crippen LogP contribution in [0.3, 0.4) is 0 Å². The van der Waals surface area contributed by atoms with Gasteiger partial charge in [0, 0.05) is 10.9 Å². The molecular formula is C6H5B2FN2O4S. The summed E-state index contributed by atoms with van der Waals surface area (Å²) in [6.45, 7) is 0. The Labute approximate surface area is 93.6 Å². The van der Waals surface area contributed by atoms with Crippen LogP contribution < -0.4 is 10.9 Å². The van der Waals surface area contributed by atoms with Crippen LogP contribution in [0.1, 0.15) is 0 Å². The van der Waals surface area contributed by atoms with Crippen molar-refractivity contribution >= 4 is 47.9 Å². The maximum atomic E-state index is 13.5. The van der Waals surface area contributed by atoms with E-state index in [4.69, 9.17) is 20.1 Å². The zero-order chi connectivity index (χ0) is 11.9. The van der Waals surface area contributed by atoms with Crippen molar-refractivity contribution in [2.24, 2.45) is 0 Å². The Balaban J connectivity index is 2.81. The third kappa shape index (κ3) is 1.70. The summed E-state index contributed by atoms with van der Waals surface area (Å²) in [4.78, 5) is 0. The van der Waals surface area contributed by atoms with Crippen molar-refractivity contribution in [3.8, 4) is 0 Å². The highest BCUT2D eigenvalue weighted by atomic mass is 32.1. The van der Waals surface area contributed by atoms with Crippen LogP contribution in [0.25, 0.3) is 11.0 Å². The van der Waals surface area contributed by atoms with Crippen molar-refractivity contribution in [1.29, 1.82) is 0 Å². The summed E-state index contributed by atoms with van der Waals surface area (Å²) in [6.07, 6.45) is 0. The molecule has 0 aliphatic carbocycles. The topological polar surface area (TPSA) is 107 Å². The van der Waals surface area contributed by atoms with Gasteiger partial charge in [-0.05, 0) is 6.07 Å². The third-order valence-corrected chi connectivity index (χ3v) is 2.62. The Hall–Kier alpha value is -1.06. The number of nitrogens with zero attached hydrogens (tertiary/aromatic N) is 2. The fourth-order valence-electron chi connectivity index (χ4n) is 1.39. The van der Waals surface area contributed by atoms with Gasteiger partial charge in [0.25, 0.3) is 0 Å². The van der Waals surface area contributed by atoms with Crippen LogP contribution in [-0.4, -0.2) is 43.1 Å². The Bertz CT molecular complexity index is 534. The minimum absolute atomic E-state index is 0.0458. The lowest BCUT2D eigenvalue weighted by Crippen LogP contribution is -2.39. The molecule has 10 heteroatoms. The molecule has 0 radical (unpaired) electrons. The molecule has 0 aliphatic heterocycles. The minimum Gasteiger partial charge on any atom is -0.423 e. The molecule has 0 amide bonds. The first-order valence-corrected chi connectivity index (χ1v) is 4.92. The molecule has 82 valence electrons. The molecular weight excluding hydrogens is 237 g/mol. The summed E-state index contributed by atoms with van der Waals surface area (Å²) < 4.78 is 20.9. The number of hydrogen-bond donors (Lipinski definition) is 4. The highest BCUT2D eigenvalue weighted by molar-refractivity contribution is 7.00. The van der Waals surface area contributed by atoms with Gasteiger partial charge in [-0.25, -0.2) is 4.39 Å². The van der Waals surface area contributed by atoms with E-state index in [9.17, 15) is 4.39 Å². The lowest BCUT2D eigenvalue weighted by atomic mass is 9.73. The van der Waals surface area contributed by atoms with E-state index in [1.165, 1.54) is 0 Å². The molecule has 6 nitrogen and oxygen atoms in total. The van der Waals surface area contributed by atoms with Crippen LogP contribution in [0.15, 0.2) is 6.07 Å². The first-order chi connectivity index (χ1) is 7.52. The predicted molar refractivity (Wildman–Crippen MR) is 57.0 cm³/mol. The Morgan fingerprint density at radius 1 is 1.06 bits per heavy atom. The predicted octanol–water partition coefficient (Wildman–Crippen LogP) is -2.81. The zero-order valence-electron chi connectivity index (χ0n) is 7.70. The average molecular weight is 242 g/mol. The number of benzene rings is 1. The van der Waals surface area contributed by atoms with Gasteiger partial charge < -0.3 is 20.1 Å². The van der Waals surface area contributed by atoms with Gasteiger partial charge in [0.1, 0.15) is 16.9 Å². The fourth-order valence-corrected chi connectivity index (χ4v) is 1.97. The molecule has 0 aliphatic rings. The molecule has 4 N–H and O–H groups in total. The molecule has 2 aromatic rings. The van der Waals surface area contributed by atoms with E-state index in [2.05, 4.69) is 8.75 Å². The molecule has 1 aromatic carbocycles. The molecule has 0 saturated heterocycles. The van der Waals surface area contributed by atoms with Crippen LogP contribution in [0.5, 0.6) is 0 Å². The molecule has 0 atom stereocenters. The number of hydrogen-bond acceptors (Lipinski definition) is 7. The van der Waals surface area contributed by atoms with Crippen molar-refractivity contribution in [2.45, 2.75) is 0 Å². The van der Waals surface area contributed by atoms with Gasteiger partial charge in [-0.3, -0.25) is 0 Å². The molecule has 0 unspecified atom stereocenters. The Morgan fingerprint density at radius 3 is 2.25 bits per heavy atom. The number of halogens is 1. The van der Waals surface area contributed by atoms with E-state index >= 15 is 0 Å². The lowest BCUT2D eigenvalue weighted by molar-refractivity contribution is 0.421. The van der Waals surface area contributed by atoms with Gasteiger partial charge in [-0.15, -0.1) is 0 Å². The van der Waals surface area contributed by atoms with E-state index in [1.54, 1.807) is 0 Å². The van der Waals surface area contributed by atoms with Crippen LogP contribution in [-0.2, 0) is 0 Å². The van der Waals surface area contributed by atoms with Crippen LogP contribution in [0.2, 0.25) is 0 Å². The van der Waals surface area contributed by atoms with Gasteiger partial charge in [0.2, 0.25) is 0 Å². The van der Waals surface area contributed by atoms with Crippen LogP contribution in [0.4, 0.5) is 4.39 Å². The average Bonchev–Trinajstić information content (AvgIpc) is 2.63. The molecule has 0 spiro atoms. The molecule has 0 fully saturated rings. The molecule has 1 aromatic heterocycles. The summed E-state index contributed by atoms with van der Waals surface area (Å²) in [5.74, 6) is -0.974. The maximum absolute atomic E-state index is 13.5. The third-order valence-electron chi connectivity index (χ3n) is 2.09. The summed E-state index contributed by atoms with van der Waals surface area (Å²) in [6, 6.07) is 0.795. The lowest BCUT2D eigenvalue weighted by Gasteiger charge is -2.06. The number of rotatable bonds is 2. The van der Waals surface area contributed by atoms with Gasteiger partial charge in [-0.2, -0.15) is 8.75 Å². The van der Waals surface area contributed by atoms with Crippen LogP contribution in [0, 0.1) is 5.82 Å². The smallest absolute Gasteiger partial charge is 0.423 e. The SMILES string of the molecule is OB(O)c1cc(F)c(B(O)O)c2nsnc12. The second-order valence-electron chi connectivity index (χ2n) is 3.07. The highest BCUT2D eigenvalue weighted by Crippen LogP contribution is 2.10. The first-order valence-electron chi connectivity index (χ1n) is 4.19. The monoisotopic (exact) mass is 242 g/mol. The quantitative estimate of drug-likeness (QED) is 0.423. The Morgan fingerprint density at radius 2 is 1.69 bits per heavy atom. The molecule has 1 heterocycles. The van der Waals surface area contributed by atoms with Gasteiger partial charge >= 0.3 is 14.2 Å². The van der Waals surface area contributed by atoms with Gasteiger partial charge in [-0.1, -0.05) is 0 Å². The number of aromatic nitrogens is 2. The maximum Gasteiger partial charge on any atom is 0.493 e. The van der Waals surface area contributed by atoms with E-state index in [-0.39, 0.29) is 16.5 Å². The van der Waals surface area contributed by atoms with Crippen molar-refractivity contribution in [2.75, 3.05) is 0 Å². The second kappa shape index (κ2) is 4.07. The fraction of sp³-hybridized carbons (Fsp3) is 0. The molecule has 2 rings (SSSR count). The van der Waals surface area contributed by atoms with E-state index in [0.29, 0.717) is 11.7 Å². The molecule has 16 heavy (non-hydrogen) atoms. The van der Waals surface area contributed by atoms with Crippen molar-refractivity contribution in [3.05, 3.63) is 11.9 Å². The zero-order valence-corrected chi connectivity index (χ0v) is 8.52. The molecule has 0 bridgehead atoms. The largest absolute Gasteiger partial charge is 0.493 e. The summed E-state index contributed by atoms with van der Waals surface area (Å²) in [5.41, 5.74) is -0.619. The standard InChI is InChI=1S/C6H5B2FN2O4S/c9-3-1-2(7(12)13)5-6(11-16-10-5)4(3)8(14)15/h1,12-15H. The summed E-state index contributed by atoms with van der Waals surface area (Å²) >= 11 is 0.714. The second-order valence-corrected chi connectivity index (χ2v) is 3.60.